The number of rotatable bonds is 6. The molecule has 19 heavy (non-hydrogen) atoms. The number of para-hydroxylation sites is 1. The van der Waals surface area contributed by atoms with Crippen molar-refractivity contribution in [3.63, 3.8) is 0 Å². The summed E-state index contributed by atoms with van der Waals surface area (Å²) in [5.74, 6) is 2.70. The van der Waals surface area contributed by atoms with E-state index in [0.29, 0.717) is 6.04 Å². The Hall–Kier alpha value is -1.46. The van der Waals surface area contributed by atoms with Crippen molar-refractivity contribution in [3.05, 3.63) is 30.3 Å². The van der Waals surface area contributed by atoms with Crippen molar-refractivity contribution in [2.75, 3.05) is 24.5 Å². The third kappa shape index (κ3) is 4.61. The molecule has 1 aliphatic heterocycles. The Labute approximate surface area is 117 Å². The van der Waals surface area contributed by atoms with Gasteiger partial charge in [-0.2, -0.15) is 0 Å². The first-order valence-electron chi connectivity index (χ1n) is 7.37. The lowest BCUT2D eigenvalue weighted by molar-refractivity contribution is 0.411. The summed E-state index contributed by atoms with van der Waals surface area (Å²) in [5.41, 5.74) is 1.36. The van der Waals surface area contributed by atoms with Gasteiger partial charge >= 0.3 is 0 Å². The average Bonchev–Trinajstić information content (AvgIpc) is 2.49. The molecular formula is C17H24N2. The number of unbranched alkanes of at least 4 members (excludes halogenated alkanes) is 2. The lowest BCUT2D eigenvalue weighted by Crippen LogP contribution is -2.42. The van der Waals surface area contributed by atoms with Crippen LogP contribution in [0.15, 0.2) is 30.3 Å². The van der Waals surface area contributed by atoms with E-state index in [0.717, 1.165) is 32.5 Å². The van der Waals surface area contributed by atoms with Crippen LogP contribution in [-0.2, 0) is 0 Å². The molecule has 0 radical (unpaired) electrons. The van der Waals surface area contributed by atoms with Crippen molar-refractivity contribution in [1.29, 1.82) is 0 Å². The van der Waals surface area contributed by atoms with Crippen molar-refractivity contribution in [2.24, 2.45) is 0 Å². The predicted octanol–water partition coefficient (Wildman–Crippen LogP) is 3.05. The van der Waals surface area contributed by atoms with Crippen LogP contribution in [0.25, 0.3) is 0 Å². The highest BCUT2D eigenvalue weighted by molar-refractivity contribution is 5.46. The van der Waals surface area contributed by atoms with Crippen LogP contribution < -0.4 is 10.2 Å². The first-order valence-corrected chi connectivity index (χ1v) is 7.37. The maximum Gasteiger partial charge on any atom is 0.0366 e. The second-order valence-corrected chi connectivity index (χ2v) is 5.21. The quantitative estimate of drug-likeness (QED) is 0.621. The smallest absolute Gasteiger partial charge is 0.0366 e. The van der Waals surface area contributed by atoms with E-state index in [2.05, 4.69) is 46.5 Å². The van der Waals surface area contributed by atoms with Gasteiger partial charge in [0.15, 0.2) is 0 Å². The molecule has 0 spiro atoms. The molecule has 1 aliphatic rings. The van der Waals surface area contributed by atoms with Gasteiger partial charge in [0.05, 0.1) is 0 Å². The van der Waals surface area contributed by atoms with Gasteiger partial charge in [-0.05, 0) is 44.4 Å². The number of anilines is 1. The molecule has 2 heteroatoms. The molecule has 2 rings (SSSR count). The Morgan fingerprint density at radius 2 is 1.89 bits per heavy atom. The lowest BCUT2D eigenvalue weighted by Gasteiger charge is -2.34. The molecule has 102 valence electrons. The maximum absolute atomic E-state index is 5.25. The summed E-state index contributed by atoms with van der Waals surface area (Å²) >= 11 is 0. The summed E-state index contributed by atoms with van der Waals surface area (Å²) in [5, 5.41) is 3.66. The van der Waals surface area contributed by atoms with E-state index in [1.54, 1.807) is 0 Å². The zero-order chi connectivity index (χ0) is 13.3. The summed E-state index contributed by atoms with van der Waals surface area (Å²) in [4.78, 5) is 2.48. The summed E-state index contributed by atoms with van der Waals surface area (Å²) in [6, 6.07) is 11.4. The Bertz CT molecular complexity index is 385. The molecule has 1 heterocycles. The molecule has 1 aromatic rings. The standard InChI is InChI=1S/C17H24N2/c1-2-3-4-8-13-18-16-11-14-19(15-12-16)17-9-6-5-7-10-17/h1,5-7,9-10,16,18H,3-4,8,11-15H2. The minimum absolute atomic E-state index is 0.686. The fourth-order valence-corrected chi connectivity index (χ4v) is 2.64. The van der Waals surface area contributed by atoms with Crippen LogP contribution in [-0.4, -0.2) is 25.7 Å². The zero-order valence-electron chi connectivity index (χ0n) is 11.6. The van der Waals surface area contributed by atoms with Gasteiger partial charge in [-0.3, -0.25) is 0 Å². The zero-order valence-corrected chi connectivity index (χ0v) is 11.6. The number of nitrogens with one attached hydrogen (secondary N) is 1. The van der Waals surface area contributed by atoms with Crippen LogP contribution in [0, 0.1) is 12.3 Å². The molecule has 0 atom stereocenters. The van der Waals surface area contributed by atoms with Gasteiger partial charge in [0, 0.05) is 31.2 Å². The minimum Gasteiger partial charge on any atom is -0.371 e. The Kier molecular flexibility index (Phi) is 5.78. The van der Waals surface area contributed by atoms with E-state index < -0.39 is 0 Å². The molecular weight excluding hydrogens is 232 g/mol. The Morgan fingerprint density at radius 1 is 1.16 bits per heavy atom. The molecule has 0 amide bonds. The third-order valence-electron chi connectivity index (χ3n) is 3.80. The van der Waals surface area contributed by atoms with Crippen LogP contribution in [0.5, 0.6) is 0 Å². The second kappa shape index (κ2) is 7.86. The first-order chi connectivity index (χ1) is 9.40. The van der Waals surface area contributed by atoms with E-state index in [4.69, 9.17) is 6.42 Å². The first kappa shape index (κ1) is 14.0. The van der Waals surface area contributed by atoms with Gasteiger partial charge in [-0.25, -0.2) is 0 Å². The Balaban J connectivity index is 1.64. The monoisotopic (exact) mass is 256 g/mol. The summed E-state index contributed by atoms with van der Waals surface area (Å²) in [7, 11) is 0. The van der Waals surface area contributed by atoms with Crippen LogP contribution in [0.4, 0.5) is 5.69 Å². The molecule has 2 nitrogen and oxygen atoms in total. The van der Waals surface area contributed by atoms with E-state index in [9.17, 15) is 0 Å². The fraction of sp³-hybridized carbons (Fsp3) is 0.529. The SMILES string of the molecule is C#CCCCCNC1CCN(c2ccccc2)CC1. The number of hydrogen-bond donors (Lipinski definition) is 1. The summed E-state index contributed by atoms with van der Waals surface area (Å²) in [6.45, 7) is 3.43. The van der Waals surface area contributed by atoms with Crippen LogP contribution in [0.1, 0.15) is 32.1 Å². The van der Waals surface area contributed by atoms with Crippen molar-refractivity contribution in [1.82, 2.24) is 5.32 Å². The highest BCUT2D eigenvalue weighted by Crippen LogP contribution is 2.19. The number of benzene rings is 1. The normalized spacial score (nSPS) is 16.3. The van der Waals surface area contributed by atoms with Gasteiger partial charge in [0.2, 0.25) is 0 Å². The van der Waals surface area contributed by atoms with Gasteiger partial charge in [-0.15, -0.1) is 12.3 Å². The van der Waals surface area contributed by atoms with Crippen LogP contribution in [0.2, 0.25) is 0 Å². The lowest BCUT2D eigenvalue weighted by atomic mass is 10.0. The molecule has 0 unspecified atom stereocenters. The van der Waals surface area contributed by atoms with Crippen LogP contribution >= 0.6 is 0 Å². The van der Waals surface area contributed by atoms with Crippen LogP contribution in [0.3, 0.4) is 0 Å². The van der Waals surface area contributed by atoms with Gasteiger partial charge in [0.1, 0.15) is 0 Å². The van der Waals surface area contributed by atoms with E-state index in [-0.39, 0.29) is 0 Å². The van der Waals surface area contributed by atoms with E-state index in [1.807, 2.05) is 0 Å². The second-order valence-electron chi connectivity index (χ2n) is 5.21. The summed E-state index contributed by atoms with van der Waals surface area (Å²) in [6.07, 6.45) is 11.0. The number of nitrogens with zero attached hydrogens (tertiary/aromatic N) is 1. The van der Waals surface area contributed by atoms with Gasteiger partial charge in [0.25, 0.3) is 0 Å². The molecule has 0 bridgehead atoms. The highest BCUT2D eigenvalue weighted by Gasteiger charge is 2.18. The Morgan fingerprint density at radius 3 is 2.58 bits per heavy atom. The molecule has 0 aliphatic carbocycles. The van der Waals surface area contributed by atoms with Crippen molar-refractivity contribution >= 4 is 5.69 Å². The highest BCUT2D eigenvalue weighted by atomic mass is 15.1. The number of piperidine rings is 1. The average molecular weight is 256 g/mol. The maximum atomic E-state index is 5.25. The molecule has 1 saturated heterocycles. The van der Waals surface area contributed by atoms with Crippen molar-refractivity contribution < 1.29 is 0 Å². The third-order valence-corrected chi connectivity index (χ3v) is 3.80. The van der Waals surface area contributed by atoms with Crippen molar-refractivity contribution in [2.45, 2.75) is 38.1 Å². The molecule has 1 N–H and O–H groups in total. The summed E-state index contributed by atoms with van der Waals surface area (Å²) < 4.78 is 0. The molecule has 1 fully saturated rings. The number of terminal acetylenes is 1. The molecule has 1 aromatic carbocycles. The minimum atomic E-state index is 0.686. The van der Waals surface area contributed by atoms with E-state index in [1.165, 1.54) is 24.9 Å². The fourth-order valence-electron chi connectivity index (χ4n) is 2.64. The largest absolute Gasteiger partial charge is 0.371 e. The van der Waals surface area contributed by atoms with Gasteiger partial charge < -0.3 is 10.2 Å². The van der Waals surface area contributed by atoms with Gasteiger partial charge in [-0.1, -0.05) is 18.2 Å². The topological polar surface area (TPSA) is 15.3 Å². The molecule has 0 aromatic heterocycles. The molecule has 0 saturated carbocycles. The number of hydrogen-bond acceptors (Lipinski definition) is 2. The van der Waals surface area contributed by atoms with Crippen molar-refractivity contribution in [3.8, 4) is 12.3 Å². The predicted molar refractivity (Wildman–Crippen MR) is 82.4 cm³/mol. The van der Waals surface area contributed by atoms with E-state index >= 15 is 0 Å².